The molecule has 0 fully saturated rings. The van der Waals surface area contributed by atoms with E-state index in [0.717, 1.165) is 6.42 Å². The van der Waals surface area contributed by atoms with E-state index >= 15 is 0 Å². The Morgan fingerprint density at radius 2 is 2.24 bits per heavy atom. The summed E-state index contributed by atoms with van der Waals surface area (Å²) in [5.74, 6) is -0.487. The second-order valence-corrected chi connectivity index (χ2v) is 4.34. The highest BCUT2D eigenvalue weighted by atomic mass is 16.4. The molecule has 6 nitrogen and oxygen atoms in total. The number of hydrogen-bond donors (Lipinski definition) is 2. The summed E-state index contributed by atoms with van der Waals surface area (Å²) in [6.07, 6.45) is 2.06. The number of aliphatic carboxylic acids is 1. The average Bonchev–Trinajstić information content (AvgIpc) is 2.32. The fourth-order valence-corrected chi connectivity index (χ4v) is 1.78. The standard InChI is InChI=1S/C11H22N4O2/c1-4-9(3)8-11(5-2,10(16)17)13-6-7-14-15-12/h9,13H,4-8H2,1-3H3,(H,16,17). The largest absolute Gasteiger partial charge is 0.480 e. The first-order chi connectivity index (χ1) is 8.02. The monoisotopic (exact) mass is 242 g/mol. The smallest absolute Gasteiger partial charge is 0.323 e. The van der Waals surface area contributed by atoms with Gasteiger partial charge >= 0.3 is 5.97 Å². The van der Waals surface area contributed by atoms with Gasteiger partial charge in [0.25, 0.3) is 0 Å². The molecule has 0 aromatic rings. The molecule has 0 aliphatic heterocycles. The van der Waals surface area contributed by atoms with Gasteiger partial charge in [-0.1, -0.05) is 32.3 Å². The number of azide groups is 1. The van der Waals surface area contributed by atoms with E-state index in [1.807, 2.05) is 20.8 Å². The molecule has 0 saturated heterocycles. The second-order valence-electron chi connectivity index (χ2n) is 4.34. The van der Waals surface area contributed by atoms with Gasteiger partial charge in [-0.05, 0) is 24.3 Å². The van der Waals surface area contributed by atoms with Crippen LogP contribution >= 0.6 is 0 Å². The van der Waals surface area contributed by atoms with Gasteiger partial charge in [-0.2, -0.15) is 0 Å². The van der Waals surface area contributed by atoms with E-state index in [1.165, 1.54) is 0 Å². The molecule has 0 saturated carbocycles. The third kappa shape index (κ3) is 5.06. The van der Waals surface area contributed by atoms with Gasteiger partial charge in [0.05, 0.1) is 0 Å². The van der Waals surface area contributed by atoms with Crippen molar-refractivity contribution in [3.8, 4) is 0 Å². The topological polar surface area (TPSA) is 98.1 Å². The molecule has 98 valence electrons. The van der Waals surface area contributed by atoms with Crippen molar-refractivity contribution in [1.29, 1.82) is 0 Å². The normalized spacial score (nSPS) is 15.7. The average molecular weight is 242 g/mol. The van der Waals surface area contributed by atoms with Crippen LogP contribution in [0, 0.1) is 5.92 Å². The molecular formula is C11H22N4O2. The maximum atomic E-state index is 11.4. The number of carboxylic acid groups (broad SMARTS) is 1. The third-order valence-electron chi connectivity index (χ3n) is 3.15. The lowest BCUT2D eigenvalue weighted by molar-refractivity contribution is -0.146. The molecular weight excluding hydrogens is 220 g/mol. The SMILES string of the molecule is CCC(C)CC(CC)(NCCN=[N+]=[N-])C(=O)O. The molecule has 0 aromatic heterocycles. The lowest BCUT2D eigenvalue weighted by Gasteiger charge is -2.31. The van der Waals surface area contributed by atoms with Crippen LogP contribution in [0.4, 0.5) is 0 Å². The number of nitrogens with one attached hydrogen (secondary N) is 1. The minimum atomic E-state index is -0.902. The molecule has 0 radical (unpaired) electrons. The molecule has 0 heterocycles. The summed E-state index contributed by atoms with van der Waals surface area (Å²) >= 11 is 0. The molecule has 0 bridgehead atoms. The second kappa shape index (κ2) is 7.92. The predicted molar refractivity (Wildman–Crippen MR) is 66.7 cm³/mol. The quantitative estimate of drug-likeness (QED) is 0.281. The first kappa shape index (κ1) is 15.7. The van der Waals surface area contributed by atoms with E-state index in [0.29, 0.717) is 25.3 Å². The van der Waals surface area contributed by atoms with Crippen molar-refractivity contribution in [1.82, 2.24) is 5.32 Å². The van der Waals surface area contributed by atoms with Crippen LogP contribution < -0.4 is 5.32 Å². The highest BCUT2D eigenvalue weighted by Gasteiger charge is 2.36. The van der Waals surface area contributed by atoms with Crippen molar-refractivity contribution in [3.05, 3.63) is 10.4 Å². The van der Waals surface area contributed by atoms with Crippen LogP contribution in [0.1, 0.15) is 40.0 Å². The Hall–Kier alpha value is -1.26. The van der Waals surface area contributed by atoms with Gasteiger partial charge < -0.3 is 10.4 Å². The maximum absolute atomic E-state index is 11.4. The number of carboxylic acids is 1. The Labute approximate surface area is 102 Å². The van der Waals surface area contributed by atoms with Gasteiger partial charge in [-0.25, -0.2) is 0 Å². The maximum Gasteiger partial charge on any atom is 0.323 e. The lowest BCUT2D eigenvalue weighted by atomic mass is 9.84. The van der Waals surface area contributed by atoms with Crippen molar-refractivity contribution in [2.75, 3.05) is 13.1 Å². The Morgan fingerprint density at radius 1 is 1.59 bits per heavy atom. The summed E-state index contributed by atoms with van der Waals surface area (Å²) in [5, 5.41) is 15.8. The summed E-state index contributed by atoms with van der Waals surface area (Å²) in [6, 6.07) is 0. The van der Waals surface area contributed by atoms with Crippen LogP contribution in [0.15, 0.2) is 5.11 Å². The van der Waals surface area contributed by atoms with Crippen molar-refractivity contribution in [3.63, 3.8) is 0 Å². The molecule has 0 aliphatic rings. The molecule has 2 atom stereocenters. The van der Waals surface area contributed by atoms with E-state index in [4.69, 9.17) is 5.53 Å². The van der Waals surface area contributed by atoms with E-state index in [1.54, 1.807) is 0 Å². The molecule has 0 amide bonds. The van der Waals surface area contributed by atoms with Crippen LogP contribution in [-0.4, -0.2) is 29.7 Å². The van der Waals surface area contributed by atoms with Crippen LogP contribution in [-0.2, 0) is 4.79 Å². The zero-order valence-electron chi connectivity index (χ0n) is 10.8. The van der Waals surface area contributed by atoms with Gasteiger partial charge in [0, 0.05) is 18.0 Å². The van der Waals surface area contributed by atoms with E-state index < -0.39 is 11.5 Å². The van der Waals surface area contributed by atoms with Crippen LogP contribution in [0.2, 0.25) is 0 Å². The van der Waals surface area contributed by atoms with Gasteiger partial charge in [0.1, 0.15) is 5.54 Å². The Morgan fingerprint density at radius 3 is 2.65 bits per heavy atom. The minimum absolute atomic E-state index is 0.270. The molecule has 17 heavy (non-hydrogen) atoms. The van der Waals surface area contributed by atoms with E-state index in [9.17, 15) is 9.90 Å². The third-order valence-corrected chi connectivity index (χ3v) is 3.15. The van der Waals surface area contributed by atoms with Gasteiger partial charge in [-0.3, -0.25) is 4.79 Å². The highest BCUT2D eigenvalue weighted by Crippen LogP contribution is 2.23. The molecule has 0 spiro atoms. The van der Waals surface area contributed by atoms with Crippen LogP contribution in [0.3, 0.4) is 0 Å². The van der Waals surface area contributed by atoms with Crippen molar-refractivity contribution in [2.24, 2.45) is 11.0 Å². The van der Waals surface area contributed by atoms with Crippen LogP contribution in [0.5, 0.6) is 0 Å². The van der Waals surface area contributed by atoms with Crippen LogP contribution in [0.25, 0.3) is 10.4 Å². The van der Waals surface area contributed by atoms with Gasteiger partial charge in [0.2, 0.25) is 0 Å². The Bertz CT molecular complexity index is 289. The minimum Gasteiger partial charge on any atom is -0.480 e. The predicted octanol–water partition coefficient (Wildman–Crippen LogP) is 2.56. The Kier molecular flexibility index (Phi) is 7.34. The van der Waals surface area contributed by atoms with Crippen molar-refractivity contribution >= 4 is 5.97 Å². The highest BCUT2D eigenvalue weighted by molar-refractivity contribution is 5.78. The lowest BCUT2D eigenvalue weighted by Crippen LogP contribution is -2.53. The number of carbonyl (C=O) groups is 1. The molecule has 0 aliphatic carbocycles. The zero-order chi connectivity index (χ0) is 13.3. The Balaban J connectivity index is 4.58. The molecule has 2 unspecified atom stereocenters. The first-order valence-corrected chi connectivity index (χ1v) is 6.01. The number of nitrogens with zero attached hydrogens (tertiary/aromatic N) is 3. The fraction of sp³-hybridized carbons (Fsp3) is 0.909. The summed E-state index contributed by atoms with van der Waals surface area (Å²) < 4.78 is 0. The van der Waals surface area contributed by atoms with Gasteiger partial charge in [0.15, 0.2) is 0 Å². The fourth-order valence-electron chi connectivity index (χ4n) is 1.78. The van der Waals surface area contributed by atoms with Crippen molar-refractivity contribution < 1.29 is 9.90 Å². The summed E-state index contributed by atoms with van der Waals surface area (Å²) in [6.45, 7) is 6.61. The molecule has 0 rings (SSSR count). The van der Waals surface area contributed by atoms with Crippen molar-refractivity contribution in [2.45, 2.75) is 45.6 Å². The van der Waals surface area contributed by atoms with E-state index in [2.05, 4.69) is 15.3 Å². The summed E-state index contributed by atoms with van der Waals surface area (Å²) in [7, 11) is 0. The summed E-state index contributed by atoms with van der Waals surface area (Å²) in [4.78, 5) is 14.0. The zero-order valence-corrected chi connectivity index (χ0v) is 10.8. The molecule has 0 aromatic carbocycles. The first-order valence-electron chi connectivity index (χ1n) is 6.01. The number of hydrogen-bond acceptors (Lipinski definition) is 3. The summed E-state index contributed by atoms with van der Waals surface area (Å²) in [5.41, 5.74) is 7.26. The van der Waals surface area contributed by atoms with Gasteiger partial charge in [-0.15, -0.1) is 0 Å². The molecule has 6 heteroatoms. The van der Waals surface area contributed by atoms with E-state index in [-0.39, 0.29) is 6.54 Å². The molecule has 2 N–H and O–H groups in total. The number of rotatable bonds is 9.